The third-order valence-corrected chi connectivity index (χ3v) is 3.37. The number of aromatic nitrogens is 4. The summed E-state index contributed by atoms with van der Waals surface area (Å²) in [6.45, 7) is 6.65. The predicted molar refractivity (Wildman–Crippen MR) is 52.5 cm³/mol. The maximum atomic E-state index is 3.96. The lowest BCUT2D eigenvalue weighted by Crippen LogP contribution is -2.48. The highest BCUT2D eigenvalue weighted by Crippen LogP contribution is 2.34. The van der Waals surface area contributed by atoms with Crippen molar-refractivity contribution in [1.82, 2.24) is 25.9 Å². The van der Waals surface area contributed by atoms with E-state index in [0.29, 0.717) is 6.04 Å². The molecule has 0 bridgehead atoms. The zero-order chi connectivity index (χ0) is 10.1. The van der Waals surface area contributed by atoms with E-state index in [1.165, 1.54) is 6.42 Å². The fourth-order valence-electron chi connectivity index (χ4n) is 2.00. The first-order chi connectivity index (χ1) is 6.68. The second kappa shape index (κ2) is 3.65. The zero-order valence-electron chi connectivity index (χ0n) is 8.86. The van der Waals surface area contributed by atoms with Crippen LogP contribution in [0.2, 0.25) is 0 Å². The SMILES string of the molecule is CC(NC1CC(C)C1C)c1nn[nH]n1. The molecule has 14 heavy (non-hydrogen) atoms. The molecular weight excluding hydrogens is 178 g/mol. The van der Waals surface area contributed by atoms with Gasteiger partial charge in [0.15, 0.2) is 5.82 Å². The van der Waals surface area contributed by atoms with Crippen molar-refractivity contribution in [3.63, 3.8) is 0 Å². The third-order valence-electron chi connectivity index (χ3n) is 3.37. The normalized spacial score (nSPS) is 33.8. The summed E-state index contributed by atoms with van der Waals surface area (Å²) in [7, 11) is 0. The number of hydrogen-bond donors (Lipinski definition) is 2. The van der Waals surface area contributed by atoms with Gasteiger partial charge in [0.05, 0.1) is 6.04 Å². The standard InChI is InChI=1S/C9H17N5/c1-5-4-8(6(5)2)10-7(3)9-11-13-14-12-9/h5-8,10H,4H2,1-3H3,(H,11,12,13,14). The van der Waals surface area contributed by atoms with Gasteiger partial charge >= 0.3 is 0 Å². The lowest BCUT2D eigenvalue weighted by atomic mass is 9.71. The summed E-state index contributed by atoms with van der Waals surface area (Å²) in [5, 5.41) is 17.5. The lowest BCUT2D eigenvalue weighted by Gasteiger charge is -2.42. The Kier molecular flexibility index (Phi) is 2.50. The summed E-state index contributed by atoms with van der Waals surface area (Å²) < 4.78 is 0. The van der Waals surface area contributed by atoms with Crippen LogP contribution in [0.4, 0.5) is 0 Å². The van der Waals surface area contributed by atoms with Gasteiger partial charge in [0.2, 0.25) is 0 Å². The van der Waals surface area contributed by atoms with E-state index in [1.54, 1.807) is 0 Å². The summed E-state index contributed by atoms with van der Waals surface area (Å²) in [4.78, 5) is 0. The van der Waals surface area contributed by atoms with Gasteiger partial charge in [-0.1, -0.05) is 19.1 Å². The Bertz CT molecular complexity index is 283. The minimum Gasteiger partial charge on any atom is -0.304 e. The van der Waals surface area contributed by atoms with E-state index in [4.69, 9.17) is 0 Å². The second-order valence-corrected chi connectivity index (χ2v) is 4.34. The van der Waals surface area contributed by atoms with E-state index in [0.717, 1.165) is 17.7 Å². The molecule has 0 amide bonds. The molecule has 4 atom stereocenters. The van der Waals surface area contributed by atoms with Crippen molar-refractivity contribution in [3.05, 3.63) is 5.82 Å². The summed E-state index contributed by atoms with van der Waals surface area (Å²) in [5.41, 5.74) is 0. The molecule has 1 aromatic heterocycles. The van der Waals surface area contributed by atoms with Crippen LogP contribution in [-0.4, -0.2) is 26.7 Å². The van der Waals surface area contributed by atoms with Crippen LogP contribution < -0.4 is 5.32 Å². The van der Waals surface area contributed by atoms with Crippen LogP contribution in [0.25, 0.3) is 0 Å². The fraction of sp³-hybridized carbons (Fsp3) is 0.889. The quantitative estimate of drug-likeness (QED) is 0.752. The van der Waals surface area contributed by atoms with Crippen LogP contribution in [0.15, 0.2) is 0 Å². The Balaban J connectivity index is 1.87. The van der Waals surface area contributed by atoms with Crippen LogP contribution in [0.1, 0.15) is 39.1 Å². The molecule has 1 saturated carbocycles. The first-order valence-corrected chi connectivity index (χ1v) is 5.18. The summed E-state index contributed by atoms with van der Waals surface area (Å²) in [6, 6.07) is 0.798. The van der Waals surface area contributed by atoms with E-state index < -0.39 is 0 Å². The van der Waals surface area contributed by atoms with E-state index in [-0.39, 0.29) is 6.04 Å². The van der Waals surface area contributed by atoms with E-state index in [2.05, 4.69) is 46.7 Å². The van der Waals surface area contributed by atoms with Gasteiger partial charge in [-0.15, -0.1) is 10.2 Å². The number of nitrogens with zero attached hydrogens (tertiary/aromatic N) is 3. The molecule has 0 radical (unpaired) electrons. The van der Waals surface area contributed by atoms with Gasteiger partial charge in [0.25, 0.3) is 0 Å². The topological polar surface area (TPSA) is 66.5 Å². The summed E-state index contributed by atoms with van der Waals surface area (Å²) in [5.74, 6) is 2.34. The zero-order valence-corrected chi connectivity index (χ0v) is 8.86. The van der Waals surface area contributed by atoms with Crippen molar-refractivity contribution < 1.29 is 0 Å². The molecule has 5 nitrogen and oxygen atoms in total. The Hall–Kier alpha value is -0.970. The fourth-order valence-corrected chi connectivity index (χ4v) is 2.00. The van der Waals surface area contributed by atoms with E-state index in [9.17, 15) is 0 Å². The molecule has 0 aliphatic heterocycles. The molecule has 5 heteroatoms. The number of tetrazole rings is 1. The molecule has 1 heterocycles. The Morgan fingerprint density at radius 2 is 2.29 bits per heavy atom. The summed E-state index contributed by atoms with van der Waals surface area (Å²) in [6.07, 6.45) is 1.25. The van der Waals surface area contributed by atoms with Crippen molar-refractivity contribution in [3.8, 4) is 0 Å². The second-order valence-electron chi connectivity index (χ2n) is 4.34. The number of H-pyrrole nitrogens is 1. The van der Waals surface area contributed by atoms with Crippen molar-refractivity contribution in [1.29, 1.82) is 0 Å². The molecule has 0 saturated heterocycles. The number of nitrogens with one attached hydrogen (secondary N) is 2. The van der Waals surface area contributed by atoms with Crippen molar-refractivity contribution in [2.24, 2.45) is 11.8 Å². The highest BCUT2D eigenvalue weighted by molar-refractivity contribution is 4.95. The highest BCUT2D eigenvalue weighted by atomic mass is 15.5. The predicted octanol–water partition coefficient (Wildman–Crippen LogP) is 0.895. The van der Waals surface area contributed by atoms with Gasteiger partial charge < -0.3 is 5.32 Å². The molecule has 2 rings (SSSR count). The van der Waals surface area contributed by atoms with Crippen molar-refractivity contribution in [2.45, 2.75) is 39.3 Å². The molecule has 1 fully saturated rings. The van der Waals surface area contributed by atoms with Gasteiger partial charge in [-0.3, -0.25) is 0 Å². The largest absolute Gasteiger partial charge is 0.304 e. The van der Waals surface area contributed by atoms with E-state index >= 15 is 0 Å². The molecule has 0 spiro atoms. The third kappa shape index (κ3) is 1.64. The monoisotopic (exact) mass is 195 g/mol. The molecule has 4 unspecified atom stereocenters. The van der Waals surface area contributed by atoms with Crippen molar-refractivity contribution >= 4 is 0 Å². The van der Waals surface area contributed by atoms with Gasteiger partial charge in [0, 0.05) is 6.04 Å². The minimum atomic E-state index is 0.189. The van der Waals surface area contributed by atoms with E-state index in [1.807, 2.05) is 0 Å². The molecular formula is C9H17N5. The van der Waals surface area contributed by atoms with Gasteiger partial charge in [0.1, 0.15) is 0 Å². The summed E-state index contributed by atoms with van der Waals surface area (Å²) >= 11 is 0. The van der Waals surface area contributed by atoms with Gasteiger partial charge in [-0.05, 0) is 25.2 Å². The first-order valence-electron chi connectivity index (χ1n) is 5.18. The molecule has 1 aliphatic rings. The highest BCUT2D eigenvalue weighted by Gasteiger charge is 2.35. The molecule has 2 N–H and O–H groups in total. The molecule has 1 aromatic rings. The molecule has 1 aliphatic carbocycles. The van der Waals surface area contributed by atoms with Crippen LogP contribution in [0.3, 0.4) is 0 Å². The van der Waals surface area contributed by atoms with Crippen LogP contribution >= 0.6 is 0 Å². The van der Waals surface area contributed by atoms with Gasteiger partial charge in [-0.25, -0.2) is 0 Å². The number of rotatable bonds is 3. The van der Waals surface area contributed by atoms with Crippen LogP contribution in [-0.2, 0) is 0 Å². The minimum absolute atomic E-state index is 0.189. The molecule has 78 valence electrons. The van der Waals surface area contributed by atoms with Crippen molar-refractivity contribution in [2.75, 3.05) is 0 Å². The maximum Gasteiger partial charge on any atom is 0.191 e. The van der Waals surface area contributed by atoms with Gasteiger partial charge in [-0.2, -0.15) is 5.21 Å². The van der Waals surface area contributed by atoms with Crippen LogP contribution in [0, 0.1) is 11.8 Å². The average Bonchev–Trinajstić information content (AvgIpc) is 2.69. The van der Waals surface area contributed by atoms with Crippen LogP contribution in [0.5, 0.6) is 0 Å². The smallest absolute Gasteiger partial charge is 0.191 e. The average molecular weight is 195 g/mol. The number of hydrogen-bond acceptors (Lipinski definition) is 4. The number of aromatic amines is 1. The lowest BCUT2D eigenvalue weighted by molar-refractivity contribution is 0.126. The maximum absolute atomic E-state index is 3.96. The Morgan fingerprint density at radius 1 is 1.50 bits per heavy atom. The Morgan fingerprint density at radius 3 is 2.79 bits per heavy atom. The Labute approximate surface area is 83.7 Å². The first kappa shape index (κ1) is 9.58. The molecule has 0 aromatic carbocycles.